The lowest BCUT2D eigenvalue weighted by molar-refractivity contribution is 0.818. The van der Waals surface area contributed by atoms with Crippen molar-refractivity contribution in [1.29, 1.82) is 0 Å². The van der Waals surface area contributed by atoms with E-state index in [2.05, 4.69) is 31.2 Å². The van der Waals surface area contributed by atoms with Crippen molar-refractivity contribution in [2.24, 2.45) is 5.73 Å². The number of rotatable bonds is 2. The molecule has 17 heavy (non-hydrogen) atoms. The summed E-state index contributed by atoms with van der Waals surface area (Å²) in [5.41, 5.74) is 10.6. The van der Waals surface area contributed by atoms with Gasteiger partial charge in [-0.1, -0.05) is 41.9 Å². The van der Waals surface area contributed by atoms with Gasteiger partial charge in [0.15, 0.2) is 0 Å². The summed E-state index contributed by atoms with van der Waals surface area (Å²) in [5.74, 6) is 0. The zero-order valence-electron chi connectivity index (χ0n) is 10.1. The molecule has 0 fully saturated rings. The van der Waals surface area contributed by atoms with E-state index in [1.54, 1.807) is 0 Å². The van der Waals surface area contributed by atoms with Crippen molar-refractivity contribution in [3.63, 3.8) is 0 Å². The van der Waals surface area contributed by atoms with Crippen LogP contribution >= 0.6 is 11.6 Å². The lowest BCUT2D eigenvalue weighted by atomic mass is 9.98. The highest BCUT2D eigenvalue weighted by molar-refractivity contribution is 6.30. The van der Waals surface area contributed by atoms with Gasteiger partial charge in [0.25, 0.3) is 0 Å². The lowest BCUT2D eigenvalue weighted by Gasteiger charge is -2.09. The van der Waals surface area contributed by atoms with Crippen molar-refractivity contribution >= 4 is 11.6 Å². The first-order chi connectivity index (χ1) is 8.08. The molecule has 0 aliphatic rings. The molecule has 88 valence electrons. The van der Waals surface area contributed by atoms with Crippen LogP contribution in [-0.4, -0.2) is 0 Å². The maximum absolute atomic E-state index is 6.03. The van der Waals surface area contributed by atoms with E-state index in [0.29, 0.717) is 0 Å². The number of hydrogen-bond acceptors (Lipinski definition) is 1. The van der Waals surface area contributed by atoms with Crippen LogP contribution in [0, 0.1) is 6.92 Å². The minimum atomic E-state index is 0.0736. The Morgan fingerprint density at radius 3 is 2.29 bits per heavy atom. The van der Waals surface area contributed by atoms with Gasteiger partial charge in [-0.25, -0.2) is 0 Å². The molecule has 2 aromatic rings. The van der Waals surface area contributed by atoms with Crippen molar-refractivity contribution in [1.82, 2.24) is 0 Å². The van der Waals surface area contributed by atoms with Crippen LogP contribution in [0.5, 0.6) is 0 Å². The molecule has 0 aromatic heterocycles. The molecule has 0 radical (unpaired) electrons. The van der Waals surface area contributed by atoms with Gasteiger partial charge in [-0.3, -0.25) is 0 Å². The maximum atomic E-state index is 6.03. The van der Waals surface area contributed by atoms with Gasteiger partial charge in [-0.15, -0.1) is 0 Å². The first-order valence-electron chi connectivity index (χ1n) is 5.70. The van der Waals surface area contributed by atoms with Gasteiger partial charge in [0.2, 0.25) is 0 Å². The zero-order valence-corrected chi connectivity index (χ0v) is 10.8. The molecule has 0 amide bonds. The van der Waals surface area contributed by atoms with E-state index in [4.69, 9.17) is 17.3 Å². The highest BCUT2D eigenvalue weighted by Crippen LogP contribution is 2.27. The van der Waals surface area contributed by atoms with Gasteiger partial charge >= 0.3 is 0 Å². The van der Waals surface area contributed by atoms with Gasteiger partial charge in [-0.05, 0) is 48.2 Å². The zero-order chi connectivity index (χ0) is 12.4. The molecule has 2 heteroatoms. The minimum Gasteiger partial charge on any atom is -0.324 e. The van der Waals surface area contributed by atoms with Crippen molar-refractivity contribution in [2.45, 2.75) is 19.9 Å². The molecule has 0 aliphatic heterocycles. The second-order valence-electron chi connectivity index (χ2n) is 4.37. The molecular formula is C15H16ClN. The molecule has 1 unspecified atom stereocenters. The summed E-state index contributed by atoms with van der Waals surface area (Å²) in [6.45, 7) is 4.07. The van der Waals surface area contributed by atoms with Crippen LogP contribution in [0.3, 0.4) is 0 Å². The van der Waals surface area contributed by atoms with E-state index < -0.39 is 0 Å². The molecule has 1 nitrogen and oxygen atoms in total. The van der Waals surface area contributed by atoms with E-state index in [-0.39, 0.29) is 6.04 Å². The van der Waals surface area contributed by atoms with E-state index in [0.717, 1.165) is 10.6 Å². The van der Waals surface area contributed by atoms with Crippen molar-refractivity contribution in [2.75, 3.05) is 0 Å². The topological polar surface area (TPSA) is 26.0 Å². The highest BCUT2D eigenvalue weighted by atomic mass is 35.5. The van der Waals surface area contributed by atoms with Crippen molar-refractivity contribution < 1.29 is 0 Å². The number of halogens is 1. The summed E-state index contributed by atoms with van der Waals surface area (Å²) in [4.78, 5) is 0. The third-order valence-electron chi connectivity index (χ3n) is 2.95. The average molecular weight is 246 g/mol. The van der Waals surface area contributed by atoms with Crippen LogP contribution in [0.15, 0.2) is 42.5 Å². The van der Waals surface area contributed by atoms with Gasteiger partial charge in [0.05, 0.1) is 0 Å². The molecule has 0 aliphatic carbocycles. The van der Waals surface area contributed by atoms with E-state index in [9.17, 15) is 0 Å². The maximum Gasteiger partial charge on any atom is 0.0412 e. The quantitative estimate of drug-likeness (QED) is 0.837. The normalized spacial score (nSPS) is 12.5. The fourth-order valence-corrected chi connectivity index (χ4v) is 2.04. The Labute approximate surface area is 107 Å². The average Bonchev–Trinajstić information content (AvgIpc) is 2.32. The fraction of sp³-hybridized carbons (Fsp3) is 0.200. The van der Waals surface area contributed by atoms with Crippen LogP contribution < -0.4 is 5.73 Å². The van der Waals surface area contributed by atoms with Crippen LogP contribution in [-0.2, 0) is 0 Å². The molecule has 0 bridgehead atoms. The Kier molecular flexibility index (Phi) is 3.51. The Bertz CT molecular complexity index is 515. The van der Waals surface area contributed by atoms with Gasteiger partial charge in [0, 0.05) is 11.1 Å². The molecule has 2 aromatic carbocycles. The standard InChI is InChI=1S/C15H16ClN/c1-10-3-8-14(16)9-15(10)13-6-4-12(5-7-13)11(2)17/h3-9,11H,17H2,1-2H3. The minimum absolute atomic E-state index is 0.0736. The highest BCUT2D eigenvalue weighted by Gasteiger charge is 2.04. The largest absolute Gasteiger partial charge is 0.324 e. The molecule has 1 atom stereocenters. The predicted octanol–water partition coefficient (Wildman–Crippen LogP) is 4.34. The summed E-state index contributed by atoms with van der Waals surface area (Å²) < 4.78 is 0. The molecule has 0 spiro atoms. The third-order valence-corrected chi connectivity index (χ3v) is 3.18. The summed E-state index contributed by atoms with van der Waals surface area (Å²) in [7, 11) is 0. The van der Waals surface area contributed by atoms with Gasteiger partial charge < -0.3 is 5.73 Å². The third kappa shape index (κ3) is 2.68. The van der Waals surface area contributed by atoms with Crippen LogP contribution in [0.1, 0.15) is 24.1 Å². The lowest BCUT2D eigenvalue weighted by Crippen LogP contribution is -2.04. The van der Waals surface area contributed by atoms with E-state index in [1.807, 2.05) is 25.1 Å². The van der Waals surface area contributed by atoms with Crippen molar-refractivity contribution in [3.8, 4) is 11.1 Å². The number of benzene rings is 2. The summed E-state index contributed by atoms with van der Waals surface area (Å²) in [6.07, 6.45) is 0. The Balaban J connectivity index is 2.43. The summed E-state index contributed by atoms with van der Waals surface area (Å²) in [6, 6.07) is 14.4. The number of nitrogens with two attached hydrogens (primary N) is 1. The van der Waals surface area contributed by atoms with Crippen molar-refractivity contribution in [3.05, 3.63) is 58.6 Å². The van der Waals surface area contributed by atoms with Crippen LogP contribution in [0.4, 0.5) is 0 Å². The molecule has 0 saturated heterocycles. The molecule has 0 heterocycles. The van der Waals surface area contributed by atoms with Gasteiger partial charge in [-0.2, -0.15) is 0 Å². The first kappa shape index (κ1) is 12.2. The first-order valence-corrected chi connectivity index (χ1v) is 6.08. The monoisotopic (exact) mass is 245 g/mol. The Hall–Kier alpha value is -1.31. The summed E-state index contributed by atoms with van der Waals surface area (Å²) in [5, 5.41) is 0.766. The van der Waals surface area contributed by atoms with Crippen LogP contribution in [0.25, 0.3) is 11.1 Å². The Morgan fingerprint density at radius 2 is 1.71 bits per heavy atom. The molecule has 0 saturated carbocycles. The number of hydrogen-bond donors (Lipinski definition) is 1. The van der Waals surface area contributed by atoms with Gasteiger partial charge in [0.1, 0.15) is 0 Å². The predicted molar refractivity (Wildman–Crippen MR) is 74.2 cm³/mol. The smallest absolute Gasteiger partial charge is 0.0412 e. The molecule has 2 rings (SSSR count). The SMILES string of the molecule is Cc1ccc(Cl)cc1-c1ccc(C(C)N)cc1. The van der Waals surface area contributed by atoms with Crippen LogP contribution in [0.2, 0.25) is 5.02 Å². The van der Waals surface area contributed by atoms with E-state index in [1.165, 1.54) is 16.7 Å². The van der Waals surface area contributed by atoms with E-state index >= 15 is 0 Å². The number of aryl methyl sites for hydroxylation is 1. The second kappa shape index (κ2) is 4.91. The second-order valence-corrected chi connectivity index (χ2v) is 4.81. The molecular weight excluding hydrogens is 230 g/mol. The molecule has 2 N–H and O–H groups in total. The summed E-state index contributed by atoms with van der Waals surface area (Å²) >= 11 is 6.03. The fourth-order valence-electron chi connectivity index (χ4n) is 1.87. The Morgan fingerprint density at radius 1 is 1.06 bits per heavy atom.